The zero-order valence-electron chi connectivity index (χ0n) is 12.7. The van der Waals surface area contributed by atoms with E-state index in [1.165, 1.54) is 15.6 Å². The quantitative estimate of drug-likeness (QED) is 0.672. The standard InChI is InChI=1S/C15H24N2O2S2/c1-5-11-17(12-6-2)21(18,19)15-8-7-14(20-15)9-10-16-13(3)4/h5-8,13,16H,1-2,9-12H2,3-4H3. The predicted molar refractivity (Wildman–Crippen MR) is 90.3 cm³/mol. The minimum atomic E-state index is -3.46. The van der Waals surface area contributed by atoms with Gasteiger partial charge in [0.05, 0.1) is 0 Å². The van der Waals surface area contributed by atoms with Crippen molar-refractivity contribution >= 4 is 21.4 Å². The number of nitrogens with one attached hydrogen (secondary N) is 1. The average molecular weight is 329 g/mol. The Kier molecular flexibility index (Phi) is 7.31. The molecule has 4 nitrogen and oxygen atoms in total. The lowest BCUT2D eigenvalue weighted by Crippen LogP contribution is -2.30. The first-order chi connectivity index (χ1) is 9.91. The van der Waals surface area contributed by atoms with Crippen molar-refractivity contribution in [3.8, 4) is 0 Å². The van der Waals surface area contributed by atoms with Gasteiger partial charge in [-0.3, -0.25) is 0 Å². The Morgan fingerprint density at radius 1 is 1.29 bits per heavy atom. The van der Waals surface area contributed by atoms with Crippen molar-refractivity contribution in [2.24, 2.45) is 0 Å². The van der Waals surface area contributed by atoms with Gasteiger partial charge in [0.25, 0.3) is 10.0 Å². The summed E-state index contributed by atoms with van der Waals surface area (Å²) >= 11 is 1.33. The van der Waals surface area contributed by atoms with E-state index in [1.54, 1.807) is 18.2 Å². The first-order valence-corrected chi connectivity index (χ1v) is 9.21. The summed E-state index contributed by atoms with van der Waals surface area (Å²) in [5, 5.41) is 3.33. The van der Waals surface area contributed by atoms with Gasteiger partial charge < -0.3 is 5.32 Å². The third-order valence-corrected chi connectivity index (χ3v) is 6.26. The van der Waals surface area contributed by atoms with Crippen LogP contribution in [0.1, 0.15) is 18.7 Å². The molecule has 1 heterocycles. The fourth-order valence-corrected chi connectivity index (χ4v) is 4.69. The summed E-state index contributed by atoms with van der Waals surface area (Å²) in [5.74, 6) is 0. The van der Waals surface area contributed by atoms with Crippen LogP contribution in [0.3, 0.4) is 0 Å². The highest BCUT2D eigenvalue weighted by Gasteiger charge is 2.24. The highest BCUT2D eigenvalue weighted by atomic mass is 32.2. The van der Waals surface area contributed by atoms with Crippen molar-refractivity contribution in [2.75, 3.05) is 19.6 Å². The fourth-order valence-electron chi connectivity index (χ4n) is 1.80. The second kappa shape index (κ2) is 8.48. The molecule has 6 heteroatoms. The van der Waals surface area contributed by atoms with E-state index >= 15 is 0 Å². The van der Waals surface area contributed by atoms with Crippen LogP contribution in [-0.2, 0) is 16.4 Å². The van der Waals surface area contributed by atoms with Gasteiger partial charge in [0.15, 0.2) is 0 Å². The van der Waals surface area contributed by atoms with E-state index in [2.05, 4.69) is 32.3 Å². The Labute approximate surface area is 132 Å². The first kappa shape index (κ1) is 18.1. The third-order valence-electron chi connectivity index (χ3n) is 2.82. The average Bonchev–Trinajstić information content (AvgIpc) is 2.87. The van der Waals surface area contributed by atoms with Crippen LogP contribution >= 0.6 is 11.3 Å². The summed E-state index contributed by atoms with van der Waals surface area (Å²) < 4.78 is 26.8. The SMILES string of the molecule is C=CCN(CC=C)S(=O)(=O)c1ccc(CCNC(C)C)s1. The van der Waals surface area contributed by atoms with Gasteiger partial charge >= 0.3 is 0 Å². The second-order valence-electron chi connectivity index (χ2n) is 4.98. The highest BCUT2D eigenvalue weighted by Crippen LogP contribution is 2.25. The molecule has 0 spiro atoms. The van der Waals surface area contributed by atoms with Gasteiger partial charge in [-0.15, -0.1) is 24.5 Å². The molecule has 0 aliphatic rings. The largest absolute Gasteiger partial charge is 0.314 e. The zero-order chi connectivity index (χ0) is 15.9. The molecule has 1 aromatic heterocycles. The third kappa shape index (κ3) is 5.39. The summed E-state index contributed by atoms with van der Waals surface area (Å²) in [6, 6.07) is 4.01. The van der Waals surface area contributed by atoms with Crippen molar-refractivity contribution in [2.45, 2.75) is 30.5 Å². The first-order valence-electron chi connectivity index (χ1n) is 6.95. The molecule has 1 rings (SSSR count). The molecule has 0 unspecified atom stereocenters. The van der Waals surface area contributed by atoms with Gasteiger partial charge in [-0.25, -0.2) is 8.42 Å². The van der Waals surface area contributed by atoms with Crippen LogP contribution in [0.5, 0.6) is 0 Å². The summed E-state index contributed by atoms with van der Waals surface area (Å²) in [6.07, 6.45) is 4.01. The zero-order valence-corrected chi connectivity index (χ0v) is 14.3. The van der Waals surface area contributed by atoms with E-state index < -0.39 is 10.0 Å². The summed E-state index contributed by atoms with van der Waals surface area (Å²) in [4.78, 5) is 1.07. The molecule has 0 saturated carbocycles. The van der Waals surface area contributed by atoms with Gasteiger partial charge in [-0.05, 0) is 18.6 Å². The van der Waals surface area contributed by atoms with Crippen LogP contribution in [0, 0.1) is 0 Å². The Morgan fingerprint density at radius 3 is 2.43 bits per heavy atom. The number of hydrogen-bond acceptors (Lipinski definition) is 4. The Bertz CT molecular complexity index is 552. The molecule has 0 aliphatic heterocycles. The van der Waals surface area contributed by atoms with Gasteiger partial charge in [0.1, 0.15) is 4.21 Å². The highest BCUT2D eigenvalue weighted by molar-refractivity contribution is 7.91. The maximum absolute atomic E-state index is 12.5. The Balaban J connectivity index is 2.81. The van der Waals surface area contributed by atoms with Crippen molar-refractivity contribution < 1.29 is 8.42 Å². The molecule has 118 valence electrons. The Hall–Kier alpha value is -0.950. The minimum absolute atomic E-state index is 0.288. The fraction of sp³-hybridized carbons (Fsp3) is 0.467. The molecule has 0 fully saturated rings. The number of hydrogen-bond donors (Lipinski definition) is 1. The molecular weight excluding hydrogens is 304 g/mol. The molecule has 21 heavy (non-hydrogen) atoms. The van der Waals surface area contributed by atoms with Crippen molar-refractivity contribution in [1.29, 1.82) is 0 Å². The van der Waals surface area contributed by atoms with E-state index in [9.17, 15) is 8.42 Å². The monoisotopic (exact) mass is 328 g/mol. The summed E-state index contributed by atoms with van der Waals surface area (Å²) in [5.41, 5.74) is 0. The smallest absolute Gasteiger partial charge is 0.253 e. The number of thiophene rings is 1. The van der Waals surface area contributed by atoms with E-state index in [0.717, 1.165) is 17.8 Å². The van der Waals surface area contributed by atoms with Crippen LogP contribution in [0.25, 0.3) is 0 Å². The normalized spacial score (nSPS) is 12.0. The molecular formula is C15H24N2O2S2. The molecule has 0 amide bonds. The molecule has 0 saturated heterocycles. The molecule has 1 N–H and O–H groups in total. The van der Waals surface area contributed by atoms with Gasteiger partial charge in [-0.1, -0.05) is 26.0 Å². The number of nitrogens with zero attached hydrogens (tertiary/aromatic N) is 1. The van der Waals surface area contributed by atoms with Crippen molar-refractivity contribution in [3.05, 3.63) is 42.3 Å². The lowest BCUT2D eigenvalue weighted by molar-refractivity contribution is 0.476. The van der Waals surface area contributed by atoms with Gasteiger partial charge in [0, 0.05) is 30.6 Å². The number of rotatable bonds is 10. The van der Waals surface area contributed by atoms with E-state index in [0.29, 0.717) is 10.3 Å². The molecule has 1 aromatic rings. The molecule has 0 radical (unpaired) electrons. The van der Waals surface area contributed by atoms with Crippen LogP contribution in [-0.4, -0.2) is 38.4 Å². The van der Waals surface area contributed by atoms with Crippen molar-refractivity contribution in [3.63, 3.8) is 0 Å². The minimum Gasteiger partial charge on any atom is -0.314 e. The van der Waals surface area contributed by atoms with E-state index in [1.807, 2.05) is 6.07 Å². The Morgan fingerprint density at radius 2 is 1.90 bits per heavy atom. The maximum atomic E-state index is 12.5. The molecule has 0 atom stereocenters. The van der Waals surface area contributed by atoms with Crippen LogP contribution in [0.15, 0.2) is 41.7 Å². The maximum Gasteiger partial charge on any atom is 0.253 e. The molecule has 0 aliphatic carbocycles. The van der Waals surface area contributed by atoms with Crippen LogP contribution in [0.4, 0.5) is 0 Å². The topological polar surface area (TPSA) is 49.4 Å². The summed E-state index contributed by atoms with van der Waals surface area (Å²) in [6.45, 7) is 12.8. The van der Waals surface area contributed by atoms with Crippen LogP contribution in [0.2, 0.25) is 0 Å². The molecule has 0 bridgehead atoms. The van der Waals surface area contributed by atoms with Gasteiger partial charge in [-0.2, -0.15) is 4.31 Å². The van der Waals surface area contributed by atoms with Gasteiger partial charge in [0.2, 0.25) is 0 Å². The lowest BCUT2D eigenvalue weighted by Gasteiger charge is -2.17. The second-order valence-corrected chi connectivity index (χ2v) is 8.31. The summed E-state index contributed by atoms with van der Waals surface area (Å²) in [7, 11) is -3.46. The van der Waals surface area contributed by atoms with Crippen LogP contribution < -0.4 is 5.32 Å². The van der Waals surface area contributed by atoms with E-state index in [-0.39, 0.29) is 13.1 Å². The number of sulfonamides is 1. The lowest BCUT2D eigenvalue weighted by atomic mass is 10.3. The van der Waals surface area contributed by atoms with Crippen molar-refractivity contribution in [1.82, 2.24) is 9.62 Å². The predicted octanol–water partition coefficient (Wildman–Crippen LogP) is 2.65. The molecule has 0 aromatic carbocycles. The van der Waals surface area contributed by atoms with E-state index in [4.69, 9.17) is 0 Å².